The molecule has 0 aromatic carbocycles. The number of ether oxygens (including phenoxy) is 2. The molecular formula is C41H76N10O13. The van der Waals surface area contributed by atoms with Crippen molar-refractivity contribution in [3.8, 4) is 0 Å². The maximum absolute atomic E-state index is 13.9. The van der Waals surface area contributed by atoms with Crippen LogP contribution in [0.4, 0.5) is 9.59 Å². The Hall–Kier alpha value is -5.29. The summed E-state index contributed by atoms with van der Waals surface area (Å²) in [5, 5.41) is 40.8. The third-order valence-electron chi connectivity index (χ3n) is 9.64. The van der Waals surface area contributed by atoms with Gasteiger partial charge in [0.2, 0.25) is 41.4 Å². The maximum atomic E-state index is 13.9. The van der Waals surface area contributed by atoms with E-state index in [-0.39, 0.29) is 69.1 Å². The van der Waals surface area contributed by atoms with Crippen LogP contribution in [0, 0.1) is 0 Å². The van der Waals surface area contributed by atoms with Crippen LogP contribution in [-0.2, 0) is 43.0 Å². The van der Waals surface area contributed by atoms with Gasteiger partial charge >= 0.3 is 12.2 Å². The van der Waals surface area contributed by atoms with E-state index in [0.717, 1.165) is 6.42 Å². The van der Waals surface area contributed by atoms with Gasteiger partial charge in [-0.1, -0.05) is 12.8 Å². The van der Waals surface area contributed by atoms with Gasteiger partial charge in [-0.3, -0.25) is 44.2 Å². The SMILES string of the molecule is CNCCNC(=O)[C@H](CC(=O)NC)N(C)C(=O)[C@H](CCCCNC(=O)CCCCCNC(=O)CCCCOC(=O)NCO)NC(=O)CCCCCNC(=O)CCCCOC(=O)NCO. The molecule has 0 rings (SSSR count). The fraction of sp³-hybridized carbons (Fsp3) is 0.780. The van der Waals surface area contributed by atoms with Gasteiger partial charge in [-0.2, -0.15) is 0 Å². The van der Waals surface area contributed by atoms with Crippen LogP contribution in [0.5, 0.6) is 0 Å². The van der Waals surface area contributed by atoms with Gasteiger partial charge in [-0.25, -0.2) is 9.59 Å². The minimum atomic E-state index is -1.13. The van der Waals surface area contributed by atoms with Crippen molar-refractivity contribution in [2.24, 2.45) is 0 Å². The maximum Gasteiger partial charge on any atom is 0.408 e. The molecule has 2 atom stereocenters. The highest BCUT2D eigenvalue weighted by Crippen LogP contribution is 2.12. The summed E-state index contributed by atoms with van der Waals surface area (Å²) in [7, 11) is 4.57. The van der Waals surface area contributed by atoms with E-state index in [9.17, 15) is 43.2 Å². The molecule has 0 saturated heterocycles. The van der Waals surface area contributed by atoms with Gasteiger partial charge in [0.05, 0.1) is 19.6 Å². The van der Waals surface area contributed by atoms with Crippen LogP contribution in [0.15, 0.2) is 0 Å². The van der Waals surface area contributed by atoms with E-state index in [1.165, 1.54) is 19.0 Å². The zero-order valence-electron chi connectivity index (χ0n) is 38.1. The van der Waals surface area contributed by atoms with Crippen molar-refractivity contribution in [2.75, 3.05) is 80.5 Å². The van der Waals surface area contributed by atoms with Gasteiger partial charge in [0.1, 0.15) is 25.5 Å². The molecule has 0 radical (unpaired) electrons. The number of nitrogens with zero attached hydrogens (tertiary/aromatic N) is 1. The third-order valence-corrected chi connectivity index (χ3v) is 9.64. The van der Waals surface area contributed by atoms with Crippen molar-refractivity contribution in [1.29, 1.82) is 0 Å². The molecule has 23 nitrogen and oxygen atoms in total. The first-order valence-electron chi connectivity index (χ1n) is 22.3. The monoisotopic (exact) mass is 917 g/mol. The van der Waals surface area contributed by atoms with Gasteiger partial charge in [-0.05, 0) is 77.7 Å². The number of likely N-dealkylation sites (N-methyl/N-ethyl adjacent to an activating group) is 2. The molecule has 0 aromatic heterocycles. The fourth-order valence-electron chi connectivity index (χ4n) is 5.97. The van der Waals surface area contributed by atoms with Gasteiger partial charge in [-0.15, -0.1) is 0 Å². The van der Waals surface area contributed by atoms with E-state index in [1.807, 2.05) is 0 Å². The quantitative estimate of drug-likeness (QED) is 0.0264. The van der Waals surface area contributed by atoms with Crippen molar-refractivity contribution >= 4 is 53.5 Å². The molecule has 0 spiro atoms. The number of alkyl carbamates (subject to hydrolysis) is 2. The second-order valence-electron chi connectivity index (χ2n) is 14.9. The molecule has 0 saturated carbocycles. The van der Waals surface area contributed by atoms with Crippen LogP contribution in [0.3, 0.4) is 0 Å². The second-order valence-corrected chi connectivity index (χ2v) is 14.9. The number of aliphatic hydroxyl groups excluding tert-OH is 2. The smallest absolute Gasteiger partial charge is 0.408 e. The molecule has 0 heterocycles. The lowest BCUT2D eigenvalue weighted by Gasteiger charge is -2.30. The van der Waals surface area contributed by atoms with E-state index < -0.39 is 55.5 Å². The molecule has 0 fully saturated rings. The van der Waals surface area contributed by atoms with Gasteiger partial charge in [0.25, 0.3) is 0 Å². The molecule has 23 heteroatoms. The Kier molecular flexibility index (Phi) is 36.1. The number of unbranched alkanes of at least 4 members (excludes halogenated alkanes) is 7. The number of nitrogens with one attached hydrogen (secondary N) is 9. The number of hydrogen-bond donors (Lipinski definition) is 11. The Balaban J connectivity index is 4.90. The van der Waals surface area contributed by atoms with Gasteiger partial charge in [0.15, 0.2) is 0 Å². The van der Waals surface area contributed by atoms with E-state index in [2.05, 4.69) is 47.9 Å². The summed E-state index contributed by atoms with van der Waals surface area (Å²) in [6.07, 6.45) is 6.30. The molecule has 0 aliphatic rings. The Bertz CT molecular complexity index is 1390. The largest absolute Gasteiger partial charge is 0.450 e. The molecule has 0 aliphatic carbocycles. The standard InChI is InChI=1S/C41H76N10O13/c1-42-24-25-47-38(59)32(28-37(58)43-2)51(3)39(60)31(50-36(57)20-7-5-12-22-45-35(56)19-10-15-27-64-41(62)49-30-53)16-8-13-23-46-33(54)17-6-4-11-21-44-34(55)18-9-14-26-63-40(61)48-29-52/h31-32,42,52-53H,4-30H2,1-3H3,(H,43,58)(H,44,55)(H,45,56)(H,46,54)(H,47,59)(H,48,61)(H,49,62)(H,50,57)/t31-,32-/m0/s1. The van der Waals surface area contributed by atoms with Crippen molar-refractivity contribution in [1.82, 2.24) is 52.8 Å². The van der Waals surface area contributed by atoms with Crippen LogP contribution in [-0.4, -0.2) is 161 Å². The topological polar surface area (TPSA) is 324 Å². The highest BCUT2D eigenvalue weighted by atomic mass is 16.6. The van der Waals surface area contributed by atoms with E-state index in [1.54, 1.807) is 7.05 Å². The highest BCUT2D eigenvalue weighted by molar-refractivity contribution is 5.94. The van der Waals surface area contributed by atoms with E-state index >= 15 is 0 Å². The number of carbonyl (C=O) groups is 9. The Morgan fingerprint density at radius 2 is 0.953 bits per heavy atom. The predicted molar refractivity (Wildman–Crippen MR) is 235 cm³/mol. The second kappa shape index (κ2) is 39.3. The number of rotatable bonds is 38. The lowest BCUT2D eigenvalue weighted by atomic mass is 10.0. The predicted octanol–water partition coefficient (Wildman–Crippen LogP) is -0.898. The number of hydrogen-bond acceptors (Lipinski definition) is 14. The van der Waals surface area contributed by atoms with Crippen molar-refractivity contribution in [3.05, 3.63) is 0 Å². The first kappa shape index (κ1) is 58.7. The molecule has 0 unspecified atom stereocenters. The number of aliphatic hydroxyl groups is 2. The Morgan fingerprint density at radius 3 is 1.41 bits per heavy atom. The van der Waals surface area contributed by atoms with E-state index in [4.69, 9.17) is 19.7 Å². The molecule has 0 aliphatic heterocycles. The number of carbonyl (C=O) groups excluding carboxylic acids is 9. The van der Waals surface area contributed by atoms with Crippen LogP contribution < -0.4 is 47.9 Å². The average Bonchev–Trinajstić information content (AvgIpc) is 3.26. The van der Waals surface area contributed by atoms with Crippen molar-refractivity contribution in [2.45, 2.75) is 128 Å². The molecule has 9 amide bonds. The average molecular weight is 917 g/mol. The summed E-state index contributed by atoms with van der Waals surface area (Å²) >= 11 is 0. The minimum absolute atomic E-state index is 0.111. The molecular weight excluding hydrogens is 841 g/mol. The summed E-state index contributed by atoms with van der Waals surface area (Å²) < 4.78 is 9.65. The lowest BCUT2D eigenvalue weighted by Crippen LogP contribution is -2.55. The zero-order valence-corrected chi connectivity index (χ0v) is 38.1. The third kappa shape index (κ3) is 32.4. The summed E-state index contributed by atoms with van der Waals surface area (Å²) in [5.41, 5.74) is 0. The zero-order chi connectivity index (χ0) is 47.8. The van der Waals surface area contributed by atoms with Crippen LogP contribution in [0.1, 0.15) is 116 Å². The highest BCUT2D eigenvalue weighted by Gasteiger charge is 2.33. The van der Waals surface area contributed by atoms with Crippen LogP contribution in [0.25, 0.3) is 0 Å². The molecule has 11 N–H and O–H groups in total. The number of amides is 9. The lowest BCUT2D eigenvalue weighted by molar-refractivity contribution is -0.143. The summed E-state index contributed by atoms with van der Waals surface area (Å²) in [6.45, 7) is 1.22. The van der Waals surface area contributed by atoms with Crippen molar-refractivity contribution < 1.29 is 62.8 Å². The van der Waals surface area contributed by atoms with Gasteiger partial charge in [0, 0.05) is 72.5 Å². The Labute approximate surface area is 376 Å². The first-order chi connectivity index (χ1) is 30.8. The van der Waals surface area contributed by atoms with Crippen LogP contribution in [0.2, 0.25) is 0 Å². The molecule has 64 heavy (non-hydrogen) atoms. The van der Waals surface area contributed by atoms with Crippen molar-refractivity contribution in [3.63, 3.8) is 0 Å². The van der Waals surface area contributed by atoms with E-state index in [0.29, 0.717) is 110 Å². The van der Waals surface area contributed by atoms with Gasteiger partial charge < -0.3 is 61.8 Å². The minimum Gasteiger partial charge on any atom is -0.450 e. The fourth-order valence-corrected chi connectivity index (χ4v) is 5.97. The molecule has 0 aromatic rings. The summed E-state index contributed by atoms with van der Waals surface area (Å²) in [4.78, 5) is 112. The summed E-state index contributed by atoms with van der Waals surface area (Å²) in [5.74, 6) is -2.25. The first-order valence-corrected chi connectivity index (χ1v) is 22.3. The molecule has 0 bridgehead atoms. The van der Waals surface area contributed by atoms with Crippen LogP contribution >= 0.6 is 0 Å². The normalized spacial score (nSPS) is 11.5. The Morgan fingerprint density at radius 1 is 0.500 bits per heavy atom. The summed E-state index contributed by atoms with van der Waals surface area (Å²) in [6, 6.07) is -2.13. The molecule has 368 valence electrons.